The van der Waals surface area contributed by atoms with Gasteiger partial charge in [-0.2, -0.15) is 0 Å². The number of amides is 3. The molecule has 0 bridgehead atoms. The average Bonchev–Trinajstić information content (AvgIpc) is 2.80. The fourth-order valence-corrected chi connectivity index (χ4v) is 2.74. The van der Waals surface area contributed by atoms with Crippen LogP contribution in [0.5, 0.6) is 0 Å². The highest BCUT2D eigenvalue weighted by Gasteiger charge is 2.38. The fraction of sp³-hybridized carbons (Fsp3) is 0.529. The summed E-state index contributed by atoms with van der Waals surface area (Å²) in [5.41, 5.74) is 0.980. The van der Waals surface area contributed by atoms with Crippen molar-refractivity contribution in [3.05, 3.63) is 34.9 Å². The quantitative estimate of drug-likeness (QED) is 0.742. The van der Waals surface area contributed by atoms with E-state index < -0.39 is 6.04 Å². The second-order valence-electron chi connectivity index (χ2n) is 5.80. The molecule has 126 valence electrons. The van der Waals surface area contributed by atoms with E-state index in [9.17, 15) is 9.59 Å². The SMILES string of the molecule is CCCCN(CC)CN1C(=O)NC(Cc2ccc(Cl)cc2)C1=O. The third-order valence-corrected chi connectivity index (χ3v) is 4.33. The van der Waals surface area contributed by atoms with Crippen LogP contribution in [0.25, 0.3) is 0 Å². The molecule has 1 heterocycles. The summed E-state index contributed by atoms with van der Waals surface area (Å²) in [7, 11) is 0. The van der Waals surface area contributed by atoms with E-state index in [1.165, 1.54) is 4.90 Å². The lowest BCUT2D eigenvalue weighted by molar-refractivity contribution is -0.128. The molecular formula is C17H24ClN3O2. The summed E-state index contributed by atoms with van der Waals surface area (Å²) in [6, 6.07) is 6.55. The maximum Gasteiger partial charge on any atom is 0.325 e. The lowest BCUT2D eigenvalue weighted by Crippen LogP contribution is -2.42. The van der Waals surface area contributed by atoms with Crippen LogP contribution in [0.4, 0.5) is 4.79 Å². The van der Waals surface area contributed by atoms with E-state index in [0.29, 0.717) is 18.1 Å². The molecule has 1 fully saturated rings. The Morgan fingerprint density at radius 2 is 1.91 bits per heavy atom. The minimum absolute atomic E-state index is 0.153. The van der Waals surface area contributed by atoms with Crippen molar-refractivity contribution in [2.24, 2.45) is 0 Å². The summed E-state index contributed by atoms with van der Waals surface area (Å²) < 4.78 is 0. The first-order valence-electron chi connectivity index (χ1n) is 8.13. The first kappa shape index (κ1) is 17.8. The number of nitrogens with one attached hydrogen (secondary N) is 1. The number of benzene rings is 1. The first-order valence-corrected chi connectivity index (χ1v) is 8.51. The highest BCUT2D eigenvalue weighted by molar-refractivity contribution is 6.30. The van der Waals surface area contributed by atoms with Gasteiger partial charge in [0, 0.05) is 11.4 Å². The molecule has 0 spiro atoms. The van der Waals surface area contributed by atoms with Gasteiger partial charge in [0.1, 0.15) is 6.04 Å². The lowest BCUT2D eigenvalue weighted by Gasteiger charge is -2.24. The molecule has 23 heavy (non-hydrogen) atoms. The Hall–Kier alpha value is -1.59. The Labute approximate surface area is 142 Å². The normalized spacial score (nSPS) is 17.9. The third-order valence-electron chi connectivity index (χ3n) is 4.08. The molecule has 1 N–H and O–H groups in total. The number of urea groups is 1. The maximum atomic E-state index is 12.5. The summed E-state index contributed by atoms with van der Waals surface area (Å²) in [6.45, 7) is 6.24. The molecule has 0 aliphatic carbocycles. The summed E-state index contributed by atoms with van der Waals surface area (Å²) >= 11 is 5.87. The van der Waals surface area contributed by atoms with Crippen molar-refractivity contribution in [2.45, 2.75) is 39.2 Å². The van der Waals surface area contributed by atoms with Crippen molar-refractivity contribution in [1.29, 1.82) is 0 Å². The maximum absolute atomic E-state index is 12.5. The standard InChI is InChI=1S/C17H24ClN3O2/c1-3-5-10-20(4-2)12-21-16(22)15(19-17(21)23)11-13-6-8-14(18)9-7-13/h6-9,15H,3-5,10-12H2,1-2H3,(H,19,23). The van der Waals surface area contributed by atoms with Crippen molar-refractivity contribution in [2.75, 3.05) is 19.8 Å². The minimum Gasteiger partial charge on any atom is -0.325 e. The van der Waals surface area contributed by atoms with Gasteiger partial charge in [-0.15, -0.1) is 0 Å². The number of halogens is 1. The van der Waals surface area contributed by atoms with Crippen molar-refractivity contribution >= 4 is 23.5 Å². The zero-order valence-corrected chi connectivity index (χ0v) is 14.5. The smallest absolute Gasteiger partial charge is 0.325 e. The van der Waals surface area contributed by atoms with Gasteiger partial charge < -0.3 is 5.32 Å². The van der Waals surface area contributed by atoms with Gasteiger partial charge in [0.05, 0.1) is 6.67 Å². The van der Waals surface area contributed by atoms with Gasteiger partial charge >= 0.3 is 6.03 Å². The molecule has 0 aromatic heterocycles. The van der Waals surface area contributed by atoms with Crippen LogP contribution >= 0.6 is 11.6 Å². The summed E-state index contributed by atoms with van der Waals surface area (Å²) in [5.74, 6) is -0.153. The van der Waals surface area contributed by atoms with Crippen LogP contribution < -0.4 is 5.32 Å². The van der Waals surface area contributed by atoms with E-state index >= 15 is 0 Å². The fourth-order valence-electron chi connectivity index (χ4n) is 2.62. The molecule has 1 aliphatic rings. The molecule has 5 nitrogen and oxygen atoms in total. The number of unbranched alkanes of at least 4 members (excludes halogenated alkanes) is 1. The summed E-state index contributed by atoms with van der Waals surface area (Å²) in [6.07, 6.45) is 2.64. The van der Waals surface area contributed by atoms with E-state index in [1.807, 2.05) is 19.1 Å². The molecule has 0 radical (unpaired) electrons. The predicted octanol–water partition coefficient (Wildman–Crippen LogP) is 2.88. The van der Waals surface area contributed by atoms with Crippen molar-refractivity contribution in [3.63, 3.8) is 0 Å². The highest BCUT2D eigenvalue weighted by atomic mass is 35.5. The number of nitrogens with zero attached hydrogens (tertiary/aromatic N) is 2. The third kappa shape index (κ3) is 4.69. The van der Waals surface area contributed by atoms with Crippen molar-refractivity contribution in [1.82, 2.24) is 15.1 Å². The highest BCUT2D eigenvalue weighted by Crippen LogP contribution is 2.15. The van der Waals surface area contributed by atoms with E-state index in [0.717, 1.165) is 31.5 Å². The Morgan fingerprint density at radius 3 is 2.52 bits per heavy atom. The molecule has 6 heteroatoms. The number of rotatable bonds is 8. The molecule has 2 rings (SSSR count). The number of imide groups is 1. The average molecular weight is 338 g/mol. The second-order valence-corrected chi connectivity index (χ2v) is 6.24. The largest absolute Gasteiger partial charge is 0.325 e. The Kier molecular flexibility index (Phi) is 6.42. The van der Waals surface area contributed by atoms with Crippen LogP contribution in [0.15, 0.2) is 24.3 Å². The van der Waals surface area contributed by atoms with Gasteiger partial charge in [0.2, 0.25) is 0 Å². The van der Waals surface area contributed by atoms with E-state index in [1.54, 1.807) is 12.1 Å². The molecule has 1 aromatic carbocycles. The Balaban J connectivity index is 1.97. The van der Waals surface area contributed by atoms with Crippen LogP contribution in [0, 0.1) is 0 Å². The van der Waals surface area contributed by atoms with Crippen molar-refractivity contribution < 1.29 is 9.59 Å². The summed E-state index contributed by atoms with van der Waals surface area (Å²) in [5, 5.41) is 3.44. The molecule has 1 aromatic rings. The van der Waals surface area contributed by atoms with Gasteiger partial charge in [0.15, 0.2) is 0 Å². The van der Waals surface area contributed by atoms with Gasteiger partial charge in [-0.05, 0) is 37.2 Å². The topological polar surface area (TPSA) is 52.6 Å². The van der Waals surface area contributed by atoms with Crippen LogP contribution in [0.1, 0.15) is 32.3 Å². The monoisotopic (exact) mass is 337 g/mol. The molecule has 0 saturated carbocycles. The lowest BCUT2D eigenvalue weighted by atomic mass is 10.1. The zero-order valence-electron chi connectivity index (χ0n) is 13.7. The van der Waals surface area contributed by atoms with Crippen molar-refractivity contribution in [3.8, 4) is 0 Å². The molecular weight excluding hydrogens is 314 g/mol. The van der Waals surface area contributed by atoms with Gasteiger partial charge in [-0.25, -0.2) is 9.69 Å². The first-order chi connectivity index (χ1) is 11.0. The van der Waals surface area contributed by atoms with Gasteiger partial charge in [-0.3, -0.25) is 9.69 Å². The number of hydrogen-bond acceptors (Lipinski definition) is 3. The van der Waals surface area contributed by atoms with E-state index in [2.05, 4.69) is 17.1 Å². The second kappa shape index (κ2) is 8.31. The molecule has 3 amide bonds. The van der Waals surface area contributed by atoms with Crippen LogP contribution in [0.2, 0.25) is 5.02 Å². The Morgan fingerprint density at radius 1 is 1.22 bits per heavy atom. The van der Waals surface area contributed by atoms with E-state index in [-0.39, 0.29) is 11.9 Å². The molecule has 1 saturated heterocycles. The van der Waals surface area contributed by atoms with Gasteiger partial charge in [-0.1, -0.05) is 44.0 Å². The molecule has 1 atom stereocenters. The number of carbonyl (C=O) groups is 2. The van der Waals surface area contributed by atoms with Crippen LogP contribution in [-0.2, 0) is 11.2 Å². The van der Waals surface area contributed by atoms with Crippen LogP contribution in [-0.4, -0.2) is 47.5 Å². The van der Waals surface area contributed by atoms with E-state index in [4.69, 9.17) is 11.6 Å². The van der Waals surface area contributed by atoms with Gasteiger partial charge in [0.25, 0.3) is 5.91 Å². The summed E-state index contributed by atoms with van der Waals surface area (Å²) in [4.78, 5) is 28.0. The number of hydrogen-bond donors (Lipinski definition) is 1. The zero-order chi connectivity index (χ0) is 16.8. The molecule has 1 unspecified atom stereocenters. The predicted molar refractivity (Wildman–Crippen MR) is 91.3 cm³/mol. The Bertz CT molecular complexity index is 547. The molecule has 1 aliphatic heterocycles. The van der Waals surface area contributed by atoms with Crippen LogP contribution in [0.3, 0.4) is 0 Å². The number of carbonyl (C=O) groups excluding carboxylic acids is 2. The minimum atomic E-state index is -0.492.